The van der Waals surface area contributed by atoms with E-state index in [9.17, 15) is 4.79 Å². The lowest BCUT2D eigenvalue weighted by molar-refractivity contribution is -0.127. The second-order valence-electron chi connectivity index (χ2n) is 5.58. The molecule has 2 rings (SSSR count). The third kappa shape index (κ3) is 1.32. The Labute approximate surface area is 95.8 Å². The van der Waals surface area contributed by atoms with Crippen LogP contribution in [-0.4, -0.2) is 28.5 Å². The van der Waals surface area contributed by atoms with Gasteiger partial charge in [-0.25, -0.2) is 0 Å². The van der Waals surface area contributed by atoms with Gasteiger partial charge in [0.05, 0.1) is 11.9 Å². The third-order valence-electron chi connectivity index (χ3n) is 4.86. The molecule has 3 heteroatoms. The van der Waals surface area contributed by atoms with E-state index in [1.165, 1.54) is 6.42 Å². The van der Waals surface area contributed by atoms with Gasteiger partial charge in [0.25, 0.3) is 0 Å². The van der Waals surface area contributed by atoms with Gasteiger partial charge in [-0.3, -0.25) is 4.79 Å². The van der Waals surface area contributed by atoms with Crippen LogP contribution in [0.15, 0.2) is 0 Å². The average Bonchev–Trinajstić information content (AvgIpc) is 2.48. The molecular formula is C12H20O2S. The first-order valence-electron chi connectivity index (χ1n) is 5.72. The monoisotopic (exact) mass is 228 g/mol. The maximum Gasteiger partial charge on any atom is 0.152 e. The van der Waals surface area contributed by atoms with E-state index < -0.39 is 0 Å². The lowest BCUT2D eigenvalue weighted by Crippen LogP contribution is -2.34. The normalized spacial score (nSPS) is 42.5. The van der Waals surface area contributed by atoms with Crippen LogP contribution in [0, 0.1) is 16.7 Å². The number of fused-ring (bicyclic) bond motifs is 2. The van der Waals surface area contributed by atoms with E-state index in [1.807, 2.05) is 0 Å². The summed E-state index contributed by atoms with van der Waals surface area (Å²) in [5, 5.41) is 8.99. The van der Waals surface area contributed by atoms with Crippen LogP contribution in [0.1, 0.15) is 33.6 Å². The fourth-order valence-electron chi connectivity index (χ4n) is 3.38. The molecule has 86 valence electrons. The minimum absolute atomic E-state index is 0.106. The Morgan fingerprint density at radius 2 is 2.13 bits per heavy atom. The van der Waals surface area contributed by atoms with Gasteiger partial charge >= 0.3 is 0 Å². The number of thioether (sulfide) groups is 1. The van der Waals surface area contributed by atoms with Crippen molar-refractivity contribution in [2.45, 2.75) is 38.9 Å². The van der Waals surface area contributed by atoms with E-state index in [0.29, 0.717) is 17.5 Å². The molecule has 0 radical (unpaired) electrons. The van der Waals surface area contributed by atoms with Gasteiger partial charge in [0, 0.05) is 11.2 Å². The second-order valence-corrected chi connectivity index (χ2v) is 6.83. The number of carbonyl (C=O) groups excluding carboxylic acids is 1. The predicted molar refractivity (Wildman–Crippen MR) is 63.0 cm³/mol. The van der Waals surface area contributed by atoms with Crippen LogP contribution in [0.5, 0.6) is 0 Å². The number of carbonyl (C=O) groups is 1. The molecule has 0 aliphatic heterocycles. The summed E-state index contributed by atoms with van der Waals surface area (Å²) in [6.45, 7) is 6.79. The van der Waals surface area contributed by atoms with Crippen LogP contribution in [0.3, 0.4) is 0 Å². The smallest absolute Gasteiger partial charge is 0.152 e. The molecule has 0 spiro atoms. The van der Waals surface area contributed by atoms with Crippen molar-refractivity contribution < 1.29 is 9.90 Å². The zero-order valence-corrected chi connectivity index (χ0v) is 10.6. The molecule has 1 N–H and O–H groups in total. The number of rotatable bonds is 3. The summed E-state index contributed by atoms with van der Waals surface area (Å²) in [5.74, 6) is 1.65. The molecule has 3 unspecified atom stereocenters. The highest BCUT2D eigenvalue weighted by Crippen LogP contribution is 2.65. The van der Waals surface area contributed by atoms with Crippen molar-refractivity contribution >= 4 is 17.5 Å². The van der Waals surface area contributed by atoms with E-state index in [2.05, 4.69) is 20.8 Å². The number of aliphatic hydroxyl groups is 1. The largest absolute Gasteiger partial charge is 0.396 e. The Morgan fingerprint density at radius 3 is 2.60 bits per heavy atom. The molecule has 0 aromatic carbocycles. The van der Waals surface area contributed by atoms with Gasteiger partial charge in [0.15, 0.2) is 5.78 Å². The first-order chi connectivity index (χ1) is 6.95. The van der Waals surface area contributed by atoms with Crippen molar-refractivity contribution in [2.24, 2.45) is 16.7 Å². The van der Waals surface area contributed by atoms with Crippen molar-refractivity contribution in [3.8, 4) is 0 Å². The predicted octanol–water partition coefficient (Wildman–Crippen LogP) is 2.11. The number of aliphatic hydroxyl groups excluding tert-OH is 1. The summed E-state index contributed by atoms with van der Waals surface area (Å²) in [7, 11) is 0. The molecule has 2 saturated carbocycles. The van der Waals surface area contributed by atoms with Crippen molar-refractivity contribution in [1.82, 2.24) is 0 Å². The van der Waals surface area contributed by atoms with Crippen LogP contribution in [0.25, 0.3) is 0 Å². The minimum Gasteiger partial charge on any atom is -0.396 e. The van der Waals surface area contributed by atoms with Gasteiger partial charge in [-0.2, -0.15) is 0 Å². The third-order valence-corrected chi connectivity index (χ3v) is 6.18. The minimum atomic E-state index is -0.106. The second kappa shape index (κ2) is 3.49. The van der Waals surface area contributed by atoms with Gasteiger partial charge in [0.1, 0.15) is 0 Å². The van der Waals surface area contributed by atoms with Crippen molar-refractivity contribution in [3.63, 3.8) is 0 Å². The molecule has 2 bridgehead atoms. The topological polar surface area (TPSA) is 37.3 Å². The van der Waals surface area contributed by atoms with Crippen molar-refractivity contribution in [2.75, 3.05) is 12.4 Å². The van der Waals surface area contributed by atoms with Crippen LogP contribution in [0.2, 0.25) is 0 Å². The molecule has 15 heavy (non-hydrogen) atoms. The Kier molecular flexibility index (Phi) is 2.67. The molecule has 2 aliphatic rings. The van der Waals surface area contributed by atoms with E-state index in [0.717, 1.165) is 6.42 Å². The average molecular weight is 228 g/mol. The zero-order valence-electron chi connectivity index (χ0n) is 9.75. The van der Waals surface area contributed by atoms with Crippen molar-refractivity contribution in [1.29, 1.82) is 0 Å². The Bertz CT molecular complexity index is 287. The fraction of sp³-hybridized carbons (Fsp3) is 0.917. The summed E-state index contributed by atoms with van der Waals surface area (Å²) in [6.07, 6.45) is 2.23. The number of ketones is 1. The maximum atomic E-state index is 12.3. The van der Waals surface area contributed by atoms with Crippen LogP contribution >= 0.6 is 11.8 Å². The molecule has 0 heterocycles. The van der Waals surface area contributed by atoms with Crippen LogP contribution in [0.4, 0.5) is 0 Å². The highest BCUT2D eigenvalue weighted by molar-refractivity contribution is 8.00. The van der Waals surface area contributed by atoms with Gasteiger partial charge in [0.2, 0.25) is 0 Å². The molecule has 0 amide bonds. The number of hydrogen-bond acceptors (Lipinski definition) is 3. The Hall–Kier alpha value is -0.0200. The summed E-state index contributed by atoms with van der Waals surface area (Å²) >= 11 is 1.66. The lowest BCUT2D eigenvalue weighted by atomic mass is 9.70. The highest BCUT2D eigenvalue weighted by Gasteiger charge is 2.66. The lowest BCUT2D eigenvalue weighted by Gasteiger charge is -2.32. The van der Waals surface area contributed by atoms with Crippen LogP contribution < -0.4 is 0 Å². The van der Waals surface area contributed by atoms with E-state index in [-0.39, 0.29) is 22.7 Å². The molecule has 3 atom stereocenters. The SMILES string of the molecule is CC12CCC(C(SCCO)C1=O)C2(C)C. The molecular weight excluding hydrogens is 208 g/mol. The summed E-state index contributed by atoms with van der Waals surface area (Å²) in [5.41, 5.74) is 0.0436. The quantitative estimate of drug-likeness (QED) is 0.804. The van der Waals surface area contributed by atoms with Gasteiger partial charge < -0.3 is 5.11 Å². The van der Waals surface area contributed by atoms with E-state index >= 15 is 0 Å². The molecule has 2 fully saturated rings. The van der Waals surface area contributed by atoms with Crippen molar-refractivity contribution in [3.05, 3.63) is 0 Å². The first kappa shape index (κ1) is 11.5. The molecule has 2 aliphatic carbocycles. The Morgan fingerprint density at radius 1 is 1.47 bits per heavy atom. The fourth-order valence-corrected chi connectivity index (χ4v) is 4.85. The highest BCUT2D eigenvalue weighted by atomic mass is 32.2. The van der Waals surface area contributed by atoms with Gasteiger partial charge in [-0.1, -0.05) is 20.8 Å². The standard InChI is InChI=1S/C12H20O2S/c1-11(2)8-4-5-12(11,3)10(14)9(8)15-7-6-13/h8-9,13H,4-7H2,1-3H3. The maximum absolute atomic E-state index is 12.3. The summed E-state index contributed by atoms with van der Waals surface area (Å²) < 4.78 is 0. The summed E-state index contributed by atoms with van der Waals surface area (Å²) in [4.78, 5) is 12.3. The van der Waals surface area contributed by atoms with Crippen LogP contribution in [-0.2, 0) is 4.79 Å². The molecule has 0 saturated heterocycles. The summed E-state index contributed by atoms with van der Waals surface area (Å²) in [6, 6.07) is 0. The number of Topliss-reactive ketones (excluding diaryl/α,β-unsaturated/α-hetero) is 1. The van der Waals surface area contributed by atoms with E-state index in [4.69, 9.17) is 5.11 Å². The van der Waals surface area contributed by atoms with Gasteiger partial charge in [-0.05, 0) is 24.2 Å². The Balaban J connectivity index is 2.22. The van der Waals surface area contributed by atoms with E-state index in [1.54, 1.807) is 11.8 Å². The first-order valence-corrected chi connectivity index (χ1v) is 6.77. The molecule has 0 aromatic heterocycles. The molecule has 0 aromatic rings. The molecule has 2 nitrogen and oxygen atoms in total. The zero-order chi connectivity index (χ0) is 11.3. The number of hydrogen-bond donors (Lipinski definition) is 1. The van der Waals surface area contributed by atoms with Gasteiger partial charge in [-0.15, -0.1) is 11.8 Å².